The lowest BCUT2D eigenvalue weighted by atomic mass is 9.91. The van der Waals surface area contributed by atoms with Crippen LogP contribution in [0.4, 0.5) is 0 Å². The minimum Gasteiger partial charge on any atom is -0.394 e. The molecule has 0 aromatic carbocycles. The minimum absolute atomic E-state index is 0.0241. The first kappa shape index (κ1) is 14.9. The quantitative estimate of drug-likeness (QED) is 0.651. The molecule has 4 heteroatoms. The zero-order valence-corrected chi connectivity index (χ0v) is 11.3. The average Bonchev–Trinajstić information content (AvgIpc) is 2.36. The molecule has 1 aliphatic heterocycles. The van der Waals surface area contributed by atoms with Gasteiger partial charge in [0.15, 0.2) is 0 Å². The highest BCUT2D eigenvalue weighted by atomic mass is 16.5. The van der Waals surface area contributed by atoms with Gasteiger partial charge in [0.1, 0.15) is 0 Å². The van der Waals surface area contributed by atoms with E-state index in [2.05, 4.69) is 19.2 Å². The summed E-state index contributed by atoms with van der Waals surface area (Å²) in [4.78, 5) is 0. The Hall–Kier alpha value is -0.160. The number of ether oxygens (including phenoxy) is 1. The first-order valence-electron chi connectivity index (χ1n) is 6.68. The molecule has 1 aliphatic rings. The van der Waals surface area contributed by atoms with E-state index < -0.39 is 5.54 Å². The Morgan fingerprint density at radius 2 is 2.00 bits per heavy atom. The standard InChI is InChI=1S/C13H27NO3/c1-4-13(8-15,9-16)14-11-5-6-17-12(7-11)10(2)3/h10-12,14-16H,4-9H2,1-3H3. The molecule has 0 radical (unpaired) electrons. The van der Waals surface area contributed by atoms with Gasteiger partial charge < -0.3 is 20.3 Å². The largest absolute Gasteiger partial charge is 0.394 e. The summed E-state index contributed by atoms with van der Waals surface area (Å²) < 4.78 is 5.72. The maximum atomic E-state index is 9.43. The molecule has 0 aromatic rings. The van der Waals surface area contributed by atoms with Crippen LogP contribution in [0.15, 0.2) is 0 Å². The van der Waals surface area contributed by atoms with Gasteiger partial charge in [-0.25, -0.2) is 0 Å². The topological polar surface area (TPSA) is 61.7 Å². The fourth-order valence-corrected chi connectivity index (χ4v) is 2.32. The lowest BCUT2D eigenvalue weighted by Gasteiger charge is -2.39. The number of hydrogen-bond donors (Lipinski definition) is 3. The van der Waals surface area contributed by atoms with Gasteiger partial charge in [-0.1, -0.05) is 20.8 Å². The van der Waals surface area contributed by atoms with E-state index in [9.17, 15) is 10.2 Å². The molecule has 1 rings (SSSR count). The lowest BCUT2D eigenvalue weighted by Crippen LogP contribution is -2.57. The Balaban J connectivity index is 2.55. The number of aliphatic hydroxyl groups is 2. The molecule has 0 amide bonds. The van der Waals surface area contributed by atoms with E-state index in [0.29, 0.717) is 12.0 Å². The van der Waals surface area contributed by atoms with Gasteiger partial charge in [0.25, 0.3) is 0 Å². The van der Waals surface area contributed by atoms with Crippen molar-refractivity contribution in [3.05, 3.63) is 0 Å². The Labute approximate surface area is 104 Å². The molecule has 102 valence electrons. The monoisotopic (exact) mass is 245 g/mol. The molecule has 0 saturated carbocycles. The molecule has 0 aromatic heterocycles. The summed E-state index contributed by atoms with van der Waals surface area (Å²) in [5.74, 6) is 0.513. The molecule has 1 heterocycles. The van der Waals surface area contributed by atoms with Crippen LogP contribution in [0.3, 0.4) is 0 Å². The van der Waals surface area contributed by atoms with E-state index in [1.54, 1.807) is 0 Å². The summed E-state index contributed by atoms with van der Waals surface area (Å²) in [7, 11) is 0. The molecule has 0 aliphatic carbocycles. The van der Waals surface area contributed by atoms with E-state index in [0.717, 1.165) is 25.9 Å². The molecule has 17 heavy (non-hydrogen) atoms. The zero-order valence-electron chi connectivity index (χ0n) is 11.3. The highest BCUT2D eigenvalue weighted by molar-refractivity contribution is 4.91. The van der Waals surface area contributed by atoms with Crippen molar-refractivity contribution >= 4 is 0 Å². The Kier molecular flexibility index (Phi) is 5.86. The van der Waals surface area contributed by atoms with E-state index in [1.165, 1.54) is 0 Å². The first-order chi connectivity index (χ1) is 8.06. The van der Waals surface area contributed by atoms with Gasteiger partial charge in [-0.3, -0.25) is 0 Å². The van der Waals surface area contributed by atoms with Crippen molar-refractivity contribution in [1.82, 2.24) is 5.32 Å². The van der Waals surface area contributed by atoms with Gasteiger partial charge in [-0.15, -0.1) is 0 Å². The molecule has 0 spiro atoms. The minimum atomic E-state index is -0.538. The smallest absolute Gasteiger partial charge is 0.0647 e. The average molecular weight is 245 g/mol. The van der Waals surface area contributed by atoms with Crippen LogP contribution < -0.4 is 5.32 Å². The third-order valence-corrected chi connectivity index (χ3v) is 3.85. The molecule has 4 nitrogen and oxygen atoms in total. The third-order valence-electron chi connectivity index (χ3n) is 3.85. The van der Waals surface area contributed by atoms with E-state index in [-0.39, 0.29) is 19.3 Å². The second-order valence-corrected chi connectivity index (χ2v) is 5.47. The predicted molar refractivity (Wildman–Crippen MR) is 67.9 cm³/mol. The van der Waals surface area contributed by atoms with E-state index in [4.69, 9.17) is 4.74 Å². The van der Waals surface area contributed by atoms with E-state index in [1.807, 2.05) is 6.92 Å². The van der Waals surface area contributed by atoms with Crippen molar-refractivity contribution in [2.75, 3.05) is 19.8 Å². The van der Waals surface area contributed by atoms with Gasteiger partial charge in [-0.2, -0.15) is 0 Å². The normalized spacial score (nSPS) is 26.5. The lowest BCUT2D eigenvalue weighted by molar-refractivity contribution is -0.0356. The van der Waals surface area contributed by atoms with Crippen molar-refractivity contribution in [2.24, 2.45) is 5.92 Å². The Morgan fingerprint density at radius 1 is 1.35 bits per heavy atom. The molecular weight excluding hydrogens is 218 g/mol. The molecule has 2 atom stereocenters. The summed E-state index contributed by atoms with van der Waals surface area (Å²) >= 11 is 0. The van der Waals surface area contributed by atoms with Crippen LogP contribution in [-0.4, -0.2) is 47.7 Å². The molecule has 3 N–H and O–H groups in total. The summed E-state index contributed by atoms with van der Waals surface area (Å²) in [6, 6.07) is 0.329. The van der Waals surface area contributed by atoms with Crippen LogP contribution >= 0.6 is 0 Å². The maximum Gasteiger partial charge on any atom is 0.0647 e. The molecule has 0 bridgehead atoms. The van der Waals surface area contributed by atoms with E-state index >= 15 is 0 Å². The SMILES string of the molecule is CCC(CO)(CO)NC1CCOC(C(C)C)C1. The molecule has 1 saturated heterocycles. The second-order valence-electron chi connectivity index (χ2n) is 5.47. The number of rotatable bonds is 6. The van der Waals surface area contributed by atoms with Crippen LogP contribution in [0.25, 0.3) is 0 Å². The Morgan fingerprint density at radius 3 is 2.47 bits per heavy atom. The predicted octanol–water partition coefficient (Wildman–Crippen LogP) is 0.913. The summed E-state index contributed by atoms with van der Waals surface area (Å²) in [5, 5.41) is 22.3. The summed E-state index contributed by atoms with van der Waals surface area (Å²) in [6.07, 6.45) is 2.92. The first-order valence-corrected chi connectivity index (χ1v) is 6.68. The highest BCUT2D eigenvalue weighted by Crippen LogP contribution is 2.22. The third kappa shape index (κ3) is 3.91. The van der Waals surface area contributed by atoms with Crippen LogP contribution in [0.5, 0.6) is 0 Å². The van der Waals surface area contributed by atoms with Crippen LogP contribution in [-0.2, 0) is 4.74 Å². The van der Waals surface area contributed by atoms with Gasteiger partial charge in [0.05, 0.1) is 24.9 Å². The fourth-order valence-electron chi connectivity index (χ4n) is 2.32. The fraction of sp³-hybridized carbons (Fsp3) is 1.00. The van der Waals surface area contributed by atoms with Crippen molar-refractivity contribution in [3.63, 3.8) is 0 Å². The van der Waals surface area contributed by atoms with Gasteiger partial charge in [0, 0.05) is 12.6 Å². The zero-order chi connectivity index (χ0) is 12.9. The molecule has 1 fully saturated rings. The summed E-state index contributed by atoms with van der Waals surface area (Å²) in [6.45, 7) is 7.03. The highest BCUT2D eigenvalue weighted by Gasteiger charge is 2.32. The van der Waals surface area contributed by atoms with Crippen LogP contribution in [0.1, 0.15) is 40.0 Å². The van der Waals surface area contributed by atoms with Crippen molar-refractivity contribution in [2.45, 2.75) is 57.7 Å². The molecular formula is C13H27NO3. The summed E-state index contributed by atoms with van der Waals surface area (Å²) in [5.41, 5.74) is -0.538. The number of aliphatic hydroxyl groups excluding tert-OH is 2. The Bertz CT molecular complexity index is 208. The number of nitrogens with one attached hydrogen (secondary N) is 1. The van der Waals surface area contributed by atoms with Gasteiger partial charge in [-0.05, 0) is 25.2 Å². The number of hydrogen-bond acceptors (Lipinski definition) is 4. The van der Waals surface area contributed by atoms with Gasteiger partial charge in [0.2, 0.25) is 0 Å². The van der Waals surface area contributed by atoms with Crippen molar-refractivity contribution in [3.8, 4) is 0 Å². The molecule has 2 unspecified atom stereocenters. The maximum absolute atomic E-state index is 9.43. The van der Waals surface area contributed by atoms with Gasteiger partial charge >= 0.3 is 0 Å². The van der Waals surface area contributed by atoms with Crippen LogP contribution in [0, 0.1) is 5.92 Å². The van der Waals surface area contributed by atoms with Crippen molar-refractivity contribution < 1.29 is 14.9 Å². The van der Waals surface area contributed by atoms with Crippen LogP contribution in [0.2, 0.25) is 0 Å². The second kappa shape index (κ2) is 6.69. The van der Waals surface area contributed by atoms with Crippen molar-refractivity contribution in [1.29, 1.82) is 0 Å².